The number of aromatic nitrogens is 4. The zero-order chi connectivity index (χ0) is 13.6. The molecule has 1 fully saturated rings. The largest absolute Gasteiger partial charge is 0.394 e. The van der Waals surface area contributed by atoms with E-state index in [2.05, 4.69) is 15.0 Å². The van der Waals surface area contributed by atoms with E-state index >= 15 is 0 Å². The number of rotatable bonds is 2. The minimum absolute atomic E-state index is 0.190. The number of nitrogens with zero attached hydrogens (tertiary/aromatic N) is 4. The summed E-state index contributed by atoms with van der Waals surface area (Å²) in [4.78, 5) is 11.9. The topological polar surface area (TPSA) is 114 Å². The van der Waals surface area contributed by atoms with Gasteiger partial charge in [-0.15, -0.1) is 0 Å². The summed E-state index contributed by atoms with van der Waals surface area (Å²) < 4.78 is 6.85. The first-order valence-electron chi connectivity index (χ1n) is 5.59. The number of hydrogen-bond donors (Lipinski definition) is 3. The van der Waals surface area contributed by atoms with Crippen molar-refractivity contribution in [3.8, 4) is 0 Å². The molecule has 3 rings (SSSR count). The van der Waals surface area contributed by atoms with Crippen molar-refractivity contribution in [1.82, 2.24) is 19.5 Å². The van der Waals surface area contributed by atoms with Gasteiger partial charge in [0.25, 0.3) is 0 Å². The maximum absolute atomic E-state index is 9.95. The van der Waals surface area contributed by atoms with E-state index in [-0.39, 0.29) is 5.15 Å². The van der Waals surface area contributed by atoms with E-state index in [1.165, 1.54) is 17.2 Å². The third-order valence-corrected chi connectivity index (χ3v) is 3.38. The van der Waals surface area contributed by atoms with Gasteiger partial charge in [-0.1, -0.05) is 11.6 Å². The Morgan fingerprint density at radius 1 is 1.26 bits per heavy atom. The van der Waals surface area contributed by atoms with Gasteiger partial charge in [-0.05, 0) is 0 Å². The van der Waals surface area contributed by atoms with Crippen LogP contribution in [-0.2, 0) is 4.74 Å². The second kappa shape index (κ2) is 4.66. The molecular formula is C10H11ClN4O4. The van der Waals surface area contributed by atoms with Crippen molar-refractivity contribution >= 4 is 22.8 Å². The molecule has 0 saturated carbocycles. The summed E-state index contributed by atoms with van der Waals surface area (Å²) in [5.74, 6) is 0. The molecule has 0 radical (unpaired) electrons. The second-order valence-corrected chi connectivity index (χ2v) is 4.58. The van der Waals surface area contributed by atoms with Gasteiger partial charge in [0.05, 0.1) is 12.9 Å². The maximum atomic E-state index is 9.95. The zero-order valence-electron chi connectivity index (χ0n) is 9.59. The summed E-state index contributed by atoms with van der Waals surface area (Å²) in [7, 11) is 0. The highest BCUT2D eigenvalue weighted by atomic mass is 35.5. The smallest absolute Gasteiger partial charge is 0.167 e. The Morgan fingerprint density at radius 2 is 2.05 bits per heavy atom. The molecular weight excluding hydrogens is 276 g/mol. The third-order valence-electron chi connectivity index (χ3n) is 3.11. The Hall–Kier alpha value is -1.32. The van der Waals surface area contributed by atoms with Gasteiger partial charge in [0.2, 0.25) is 0 Å². The molecule has 102 valence electrons. The van der Waals surface area contributed by atoms with Gasteiger partial charge in [0.15, 0.2) is 17.0 Å². The lowest BCUT2D eigenvalue weighted by atomic mass is 10.1. The number of halogens is 1. The Kier molecular flexibility index (Phi) is 3.11. The van der Waals surface area contributed by atoms with Crippen molar-refractivity contribution in [2.24, 2.45) is 0 Å². The monoisotopic (exact) mass is 286 g/mol. The lowest BCUT2D eigenvalue weighted by Gasteiger charge is -2.16. The lowest BCUT2D eigenvalue weighted by Crippen LogP contribution is -2.33. The Balaban J connectivity index is 2.04. The molecule has 0 aromatic carbocycles. The van der Waals surface area contributed by atoms with Crippen LogP contribution in [0.25, 0.3) is 11.2 Å². The molecule has 1 unspecified atom stereocenters. The first kappa shape index (κ1) is 12.7. The summed E-state index contributed by atoms with van der Waals surface area (Å²) in [6.45, 7) is -0.392. The molecule has 0 amide bonds. The molecule has 0 spiro atoms. The molecule has 3 N–H and O–H groups in total. The van der Waals surface area contributed by atoms with Gasteiger partial charge in [-0.2, -0.15) is 0 Å². The average molecular weight is 287 g/mol. The fraction of sp³-hybridized carbons (Fsp3) is 0.500. The number of imidazole rings is 1. The van der Waals surface area contributed by atoms with Gasteiger partial charge in [-0.25, -0.2) is 15.0 Å². The van der Waals surface area contributed by atoms with Crippen LogP contribution in [-0.4, -0.2) is 59.8 Å². The molecule has 1 aliphatic rings. The van der Waals surface area contributed by atoms with E-state index in [1.54, 1.807) is 0 Å². The summed E-state index contributed by atoms with van der Waals surface area (Å²) in [6.07, 6.45) is -1.44. The van der Waals surface area contributed by atoms with Crippen molar-refractivity contribution < 1.29 is 20.1 Å². The highest BCUT2D eigenvalue weighted by Crippen LogP contribution is 2.31. The van der Waals surface area contributed by atoms with Crippen LogP contribution in [0.3, 0.4) is 0 Å². The first-order valence-corrected chi connectivity index (χ1v) is 5.96. The van der Waals surface area contributed by atoms with Crippen molar-refractivity contribution in [2.75, 3.05) is 6.61 Å². The number of aliphatic hydroxyl groups is 3. The standard InChI is InChI=1S/C10H11ClN4O4/c11-8-5-9(13-2-12-8)15(3-14-5)10-7(18)6(17)4(1-16)19-10/h2-4,6-7,10,16-18H,1H2/t4?,6-,7+,10-/m1/s1. The predicted molar refractivity (Wildman–Crippen MR) is 63.3 cm³/mol. The molecule has 2 aromatic heterocycles. The van der Waals surface area contributed by atoms with Gasteiger partial charge < -0.3 is 20.1 Å². The van der Waals surface area contributed by atoms with Gasteiger partial charge >= 0.3 is 0 Å². The molecule has 3 heterocycles. The lowest BCUT2D eigenvalue weighted by molar-refractivity contribution is -0.0511. The van der Waals surface area contributed by atoms with E-state index < -0.39 is 31.1 Å². The van der Waals surface area contributed by atoms with E-state index in [4.69, 9.17) is 21.4 Å². The van der Waals surface area contributed by atoms with Crippen LogP contribution in [0.1, 0.15) is 6.23 Å². The Morgan fingerprint density at radius 3 is 2.74 bits per heavy atom. The summed E-state index contributed by atoms with van der Waals surface area (Å²) >= 11 is 5.88. The maximum Gasteiger partial charge on any atom is 0.167 e. The zero-order valence-corrected chi connectivity index (χ0v) is 10.3. The first-order chi connectivity index (χ1) is 9.13. The molecule has 0 aliphatic carbocycles. The quantitative estimate of drug-likeness (QED) is 0.613. The molecule has 2 aromatic rings. The van der Waals surface area contributed by atoms with Crippen molar-refractivity contribution in [3.05, 3.63) is 17.8 Å². The van der Waals surface area contributed by atoms with E-state index in [9.17, 15) is 10.2 Å². The Bertz CT molecular complexity index is 606. The average Bonchev–Trinajstić information content (AvgIpc) is 2.94. The molecule has 0 bridgehead atoms. The summed E-state index contributed by atoms with van der Waals surface area (Å²) in [6, 6.07) is 0. The normalized spacial score (nSPS) is 31.2. The molecule has 4 atom stereocenters. The minimum atomic E-state index is -1.19. The minimum Gasteiger partial charge on any atom is -0.394 e. The summed E-state index contributed by atoms with van der Waals surface area (Å²) in [5.41, 5.74) is 0.761. The van der Waals surface area contributed by atoms with Crippen molar-refractivity contribution in [2.45, 2.75) is 24.5 Å². The van der Waals surface area contributed by atoms with Crippen LogP contribution < -0.4 is 0 Å². The third kappa shape index (κ3) is 1.88. The molecule has 1 saturated heterocycles. The molecule has 8 nitrogen and oxygen atoms in total. The highest BCUT2D eigenvalue weighted by Gasteiger charge is 2.43. The van der Waals surface area contributed by atoms with E-state index in [0.717, 1.165) is 0 Å². The van der Waals surface area contributed by atoms with E-state index in [1.807, 2.05) is 0 Å². The SMILES string of the molecule is OCC1O[C@@H](n2cnc3c(Cl)ncnc32)[C@@H](O)[C@@H]1O. The van der Waals surface area contributed by atoms with Crippen LogP contribution in [0.2, 0.25) is 5.15 Å². The van der Waals surface area contributed by atoms with Gasteiger partial charge in [0.1, 0.15) is 30.2 Å². The van der Waals surface area contributed by atoms with Crippen LogP contribution in [0.5, 0.6) is 0 Å². The van der Waals surface area contributed by atoms with Gasteiger partial charge in [0, 0.05) is 0 Å². The molecule has 19 heavy (non-hydrogen) atoms. The van der Waals surface area contributed by atoms with Crippen LogP contribution in [0.15, 0.2) is 12.7 Å². The number of hydrogen-bond acceptors (Lipinski definition) is 7. The highest BCUT2D eigenvalue weighted by molar-refractivity contribution is 6.33. The molecule has 1 aliphatic heterocycles. The number of fused-ring (bicyclic) bond motifs is 1. The van der Waals surface area contributed by atoms with Crippen LogP contribution >= 0.6 is 11.6 Å². The summed E-state index contributed by atoms with van der Waals surface area (Å²) in [5, 5.41) is 28.9. The Labute approximate surface area is 112 Å². The number of ether oxygens (including phenoxy) is 1. The fourth-order valence-corrected chi connectivity index (χ4v) is 2.30. The van der Waals surface area contributed by atoms with Crippen LogP contribution in [0, 0.1) is 0 Å². The predicted octanol–water partition coefficient (Wildman–Crippen LogP) is -0.909. The number of aliphatic hydroxyl groups excluding tert-OH is 3. The fourth-order valence-electron chi connectivity index (χ4n) is 2.12. The van der Waals surface area contributed by atoms with Crippen molar-refractivity contribution in [1.29, 1.82) is 0 Å². The van der Waals surface area contributed by atoms with Crippen molar-refractivity contribution in [3.63, 3.8) is 0 Å². The van der Waals surface area contributed by atoms with Crippen LogP contribution in [0.4, 0.5) is 0 Å². The second-order valence-electron chi connectivity index (χ2n) is 4.22. The molecule has 9 heteroatoms. The van der Waals surface area contributed by atoms with E-state index in [0.29, 0.717) is 11.2 Å². The van der Waals surface area contributed by atoms with Gasteiger partial charge in [-0.3, -0.25) is 4.57 Å².